The lowest BCUT2D eigenvalue weighted by atomic mass is 10.2. The van der Waals surface area contributed by atoms with E-state index in [4.69, 9.17) is 16.0 Å². The molecule has 0 aliphatic carbocycles. The van der Waals surface area contributed by atoms with Crippen LogP contribution in [0, 0.1) is 6.92 Å². The summed E-state index contributed by atoms with van der Waals surface area (Å²) in [5.41, 5.74) is 2.84. The number of rotatable bonds is 4. The van der Waals surface area contributed by atoms with E-state index < -0.39 is 0 Å². The lowest BCUT2D eigenvalue weighted by molar-refractivity contribution is 0.573. The maximum absolute atomic E-state index is 5.96. The number of hydrogen-bond donors (Lipinski definition) is 0. The van der Waals surface area contributed by atoms with Crippen LogP contribution in [-0.2, 0) is 5.75 Å². The number of benzene rings is 1. The second kappa shape index (κ2) is 5.99. The summed E-state index contributed by atoms with van der Waals surface area (Å²) in [5.74, 6) is 1.34. The van der Waals surface area contributed by atoms with Crippen molar-refractivity contribution >= 4 is 34.7 Å². The second-order valence-corrected chi connectivity index (χ2v) is 6.71. The summed E-state index contributed by atoms with van der Waals surface area (Å²) in [6.07, 6.45) is 1.68. The summed E-state index contributed by atoms with van der Waals surface area (Å²) >= 11 is 9.28. The van der Waals surface area contributed by atoms with Crippen LogP contribution in [0.2, 0.25) is 5.02 Å². The maximum Gasteiger partial charge on any atom is 0.226 e. The van der Waals surface area contributed by atoms with Crippen molar-refractivity contribution in [1.29, 1.82) is 0 Å². The number of hydrogen-bond acceptors (Lipinski definition) is 5. The molecule has 3 aromatic rings. The average molecular weight is 323 g/mol. The normalized spacial score (nSPS) is 10.9. The van der Waals surface area contributed by atoms with Crippen molar-refractivity contribution in [1.82, 2.24) is 9.97 Å². The molecule has 0 amide bonds. The fourth-order valence-electron chi connectivity index (χ4n) is 1.66. The van der Waals surface area contributed by atoms with Gasteiger partial charge in [0, 0.05) is 27.4 Å². The molecule has 6 heteroatoms. The zero-order chi connectivity index (χ0) is 13.9. The van der Waals surface area contributed by atoms with E-state index in [9.17, 15) is 0 Å². The number of aryl methyl sites for hydroxylation is 1. The predicted octanol–water partition coefficient (Wildman–Crippen LogP) is 5.05. The van der Waals surface area contributed by atoms with Gasteiger partial charge in [0.25, 0.3) is 0 Å². The van der Waals surface area contributed by atoms with Gasteiger partial charge in [-0.3, -0.25) is 0 Å². The zero-order valence-electron chi connectivity index (χ0n) is 10.7. The molecule has 0 saturated heterocycles. The third kappa shape index (κ3) is 3.23. The average Bonchev–Trinajstić information content (AvgIpc) is 3.05. The van der Waals surface area contributed by atoms with Gasteiger partial charge in [-0.05, 0) is 25.1 Å². The van der Waals surface area contributed by atoms with Crippen molar-refractivity contribution < 1.29 is 4.42 Å². The molecule has 0 bridgehead atoms. The first kappa shape index (κ1) is 13.7. The highest BCUT2D eigenvalue weighted by Gasteiger charge is 2.08. The van der Waals surface area contributed by atoms with E-state index >= 15 is 0 Å². The van der Waals surface area contributed by atoms with Crippen molar-refractivity contribution in [3.8, 4) is 11.5 Å². The monoisotopic (exact) mass is 322 g/mol. The molecule has 1 aromatic carbocycles. The van der Waals surface area contributed by atoms with Crippen LogP contribution in [0.1, 0.15) is 11.4 Å². The Bertz CT molecular complexity index is 723. The zero-order valence-corrected chi connectivity index (χ0v) is 13.1. The molecule has 0 aliphatic heterocycles. The Hall–Kier alpha value is -1.30. The lowest BCUT2D eigenvalue weighted by Gasteiger charge is -1.95. The second-order valence-electron chi connectivity index (χ2n) is 4.20. The molecule has 0 spiro atoms. The lowest BCUT2D eigenvalue weighted by Crippen LogP contribution is -1.82. The number of nitrogens with zero attached hydrogens (tertiary/aromatic N) is 2. The Morgan fingerprint density at radius 3 is 3.00 bits per heavy atom. The highest BCUT2D eigenvalue weighted by atomic mass is 35.5. The number of thiazole rings is 1. The van der Waals surface area contributed by atoms with Gasteiger partial charge in [0.1, 0.15) is 10.6 Å². The van der Waals surface area contributed by atoms with Gasteiger partial charge < -0.3 is 4.42 Å². The highest BCUT2D eigenvalue weighted by molar-refractivity contribution is 8.00. The molecule has 102 valence electrons. The van der Waals surface area contributed by atoms with Gasteiger partial charge in [-0.1, -0.05) is 29.4 Å². The van der Waals surface area contributed by atoms with Crippen molar-refractivity contribution in [2.24, 2.45) is 0 Å². The quantitative estimate of drug-likeness (QED) is 0.630. The van der Waals surface area contributed by atoms with Crippen LogP contribution in [0.15, 0.2) is 44.7 Å². The topological polar surface area (TPSA) is 38.9 Å². The van der Waals surface area contributed by atoms with Crippen LogP contribution in [0.4, 0.5) is 0 Å². The Balaban J connectivity index is 1.70. The molecule has 0 fully saturated rings. The van der Waals surface area contributed by atoms with E-state index in [1.165, 1.54) is 0 Å². The number of thioether (sulfide) groups is 1. The van der Waals surface area contributed by atoms with Gasteiger partial charge in [-0.2, -0.15) is 0 Å². The van der Waals surface area contributed by atoms with Crippen LogP contribution < -0.4 is 0 Å². The largest absolute Gasteiger partial charge is 0.444 e. The van der Waals surface area contributed by atoms with E-state index in [1.54, 1.807) is 29.4 Å². The Morgan fingerprint density at radius 1 is 1.35 bits per heavy atom. The molecule has 0 atom stereocenters. The standard InChI is InChI=1S/C14H11ClN2OS2/c1-9-7-19-14(16-9)20-8-12-6-18-13(17-12)10-3-2-4-11(15)5-10/h2-7H,8H2,1H3. The number of oxazole rings is 1. The van der Waals surface area contributed by atoms with Crippen LogP contribution >= 0.6 is 34.7 Å². The number of aromatic nitrogens is 2. The number of halogens is 1. The molecule has 0 aliphatic rings. The van der Waals surface area contributed by atoms with Crippen molar-refractivity contribution in [3.05, 3.63) is 52.3 Å². The van der Waals surface area contributed by atoms with Gasteiger partial charge in [0.15, 0.2) is 0 Å². The van der Waals surface area contributed by atoms with E-state index in [2.05, 4.69) is 9.97 Å². The molecule has 0 saturated carbocycles. The summed E-state index contributed by atoms with van der Waals surface area (Å²) in [7, 11) is 0. The molecule has 2 aromatic heterocycles. The van der Waals surface area contributed by atoms with E-state index in [0.717, 1.165) is 27.0 Å². The van der Waals surface area contributed by atoms with Crippen LogP contribution in [0.3, 0.4) is 0 Å². The Kier molecular flexibility index (Phi) is 4.10. The van der Waals surface area contributed by atoms with E-state index in [1.807, 2.05) is 36.6 Å². The van der Waals surface area contributed by atoms with Crippen molar-refractivity contribution in [2.75, 3.05) is 0 Å². The predicted molar refractivity (Wildman–Crippen MR) is 83.4 cm³/mol. The molecule has 0 unspecified atom stereocenters. The third-order valence-corrected chi connectivity index (χ3v) is 4.97. The van der Waals surface area contributed by atoms with Crippen LogP contribution in [-0.4, -0.2) is 9.97 Å². The molecular weight excluding hydrogens is 312 g/mol. The van der Waals surface area contributed by atoms with Gasteiger partial charge in [0.2, 0.25) is 5.89 Å². The molecule has 0 N–H and O–H groups in total. The molecular formula is C14H11ClN2OS2. The Labute approximate surface area is 130 Å². The Morgan fingerprint density at radius 2 is 2.25 bits per heavy atom. The first-order chi connectivity index (χ1) is 9.70. The van der Waals surface area contributed by atoms with Crippen molar-refractivity contribution in [2.45, 2.75) is 17.0 Å². The molecule has 0 radical (unpaired) electrons. The van der Waals surface area contributed by atoms with Gasteiger partial charge in [-0.15, -0.1) is 11.3 Å². The fourth-order valence-corrected chi connectivity index (χ4v) is 3.58. The summed E-state index contributed by atoms with van der Waals surface area (Å²) in [6, 6.07) is 7.48. The molecule has 2 heterocycles. The SMILES string of the molecule is Cc1csc(SCc2coc(-c3cccc(Cl)c3)n2)n1. The van der Waals surface area contributed by atoms with E-state index in [0.29, 0.717) is 10.9 Å². The summed E-state index contributed by atoms with van der Waals surface area (Å²) in [4.78, 5) is 8.88. The van der Waals surface area contributed by atoms with E-state index in [-0.39, 0.29) is 0 Å². The van der Waals surface area contributed by atoms with Gasteiger partial charge >= 0.3 is 0 Å². The van der Waals surface area contributed by atoms with Crippen molar-refractivity contribution in [3.63, 3.8) is 0 Å². The fraction of sp³-hybridized carbons (Fsp3) is 0.143. The minimum absolute atomic E-state index is 0.596. The van der Waals surface area contributed by atoms with Crippen LogP contribution in [0.5, 0.6) is 0 Å². The van der Waals surface area contributed by atoms with Gasteiger partial charge in [0.05, 0.1) is 5.69 Å². The minimum Gasteiger partial charge on any atom is -0.444 e. The van der Waals surface area contributed by atoms with Gasteiger partial charge in [-0.25, -0.2) is 9.97 Å². The summed E-state index contributed by atoms with van der Waals surface area (Å²) in [6.45, 7) is 1.99. The maximum atomic E-state index is 5.96. The first-order valence-electron chi connectivity index (χ1n) is 5.96. The molecule has 20 heavy (non-hydrogen) atoms. The summed E-state index contributed by atoms with van der Waals surface area (Å²) < 4.78 is 6.55. The third-order valence-electron chi connectivity index (χ3n) is 2.56. The smallest absolute Gasteiger partial charge is 0.226 e. The highest BCUT2D eigenvalue weighted by Crippen LogP contribution is 2.27. The molecule has 3 nitrogen and oxygen atoms in total. The molecule has 3 rings (SSSR count). The minimum atomic E-state index is 0.596. The summed E-state index contributed by atoms with van der Waals surface area (Å²) in [5, 5.41) is 2.72. The first-order valence-corrected chi connectivity index (χ1v) is 8.20. The van der Waals surface area contributed by atoms with Crippen LogP contribution in [0.25, 0.3) is 11.5 Å².